The third-order valence-corrected chi connectivity index (χ3v) is 3.08. The second-order valence-electron chi connectivity index (χ2n) is 4.60. The molecule has 1 fully saturated rings. The van der Waals surface area contributed by atoms with E-state index in [1.807, 2.05) is 6.92 Å². The molecule has 1 aliphatic heterocycles. The highest BCUT2D eigenvalue weighted by Crippen LogP contribution is 2.12. The van der Waals surface area contributed by atoms with Crippen LogP contribution < -0.4 is 10.6 Å². The number of piperidine rings is 1. The first-order chi connectivity index (χ1) is 8.83. The van der Waals surface area contributed by atoms with Crippen molar-refractivity contribution in [1.82, 2.24) is 10.6 Å². The number of ether oxygens (including phenoxy) is 2. The summed E-state index contributed by atoms with van der Waals surface area (Å²) in [6, 6.07) is 0. The number of carbonyl (C=O) groups is 1. The van der Waals surface area contributed by atoms with E-state index in [0.29, 0.717) is 25.7 Å². The van der Waals surface area contributed by atoms with Gasteiger partial charge in [-0.15, -0.1) is 0 Å². The van der Waals surface area contributed by atoms with Gasteiger partial charge in [0.15, 0.2) is 0 Å². The van der Waals surface area contributed by atoms with Crippen molar-refractivity contribution < 1.29 is 14.3 Å². The van der Waals surface area contributed by atoms with Gasteiger partial charge >= 0.3 is 0 Å². The number of hydrogen-bond donors (Lipinski definition) is 2. The maximum Gasteiger partial charge on any atom is 0.245 e. The van der Waals surface area contributed by atoms with Gasteiger partial charge in [-0.2, -0.15) is 0 Å². The van der Waals surface area contributed by atoms with Crippen LogP contribution in [0.3, 0.4) is 0 Å². The zero-order valence-electron chi connectivity index (χ0n) is 11.4. The van der Waals surface area contributed by atoms with E-state index in [1.165, 1.54) is 12.8 Å². The first-order valence-electron chi connectivity index (χ1n) is 6.95. The summed E-state index contributed by atoms with van der Waals surface area (Å²) in [6.45, 7) is 6.76. The number of hydrogen-bond acceptors (Lipinski definition) is 4. The summed E-state index contributed by atoms with van der Waals surface area (Å²) in [4.78, 5) is 11.4. The van der Waals surface area contributed by atoms with E-state index in [0.717, 1.165) is 26.1 Å². The predicted octanol–water partition coefficient (Wildman–Crippen LogP) is 0.545. The highest BCUT2D eigenvalue weighted by molar-refractivity contribution is 5.77. The Kier molecular flexibility index (Phi) is 8.81. The predicted molar refractivity (Wildman–Crippen MR) is 70.5 cm³/mol. The van der Waals surface area contributed by atoms with Crippen molar-refractivity contribution in [1.29, 1.82) is 0 Å². The van der Waals surface area contributed by atoms with E-state index in [1.54, 1.807) is 0 Å². The van der Waals surface area contributed by atoms with E-state index in [4.69, 9.17) is 9.47 Å². The van der Waals surface area contributed by atoms with E-state index < -0.39 is 0 Å². The van der Waals surface area contributed by atoms with Gasteiger partial charge in [-0.1, -0.05) is 0 Å². The summed E-state index contributed by atoms with van der Waals surface area (Å²) in [6.07, 6.45) is 3.57. The monoisotopic (exact) mass is 258 g/mol. The molecule has 0 spiro atoms. The Labute approximate surface area is 110 Å². The van der Waals surface area contributed by atoms with Gasteiger partial charge in [0, 0.05) is 13.2 Å². The molecule has 0 aromatic rings. The van der Waals surface area contributed by atoms with Crippen LogP contribution in [0, 0.1) is 5.92 Å². The molecule has 0 aromatic carbocycles. The number of amides is 1. The average Bonchev–Trinajstić information content (AvgIpc) is 2.40. The number of carbonyl (C=O) groups excluding carboxylic acids is 1. The van der Waals surface area contributed by atoms with Crippen LogP contribution in [0.25, 0.3) is 0 Å². The molecule has 2 N–H and O–H groups in total. The molecule has 1 aliphatic rings. The summed E-state index contributed by atoms with van der Waals surface area (Å²) in [5, 5.41) is 6.26. The van der Waals surface area contributed by atoms with Crippen molar-refractivity contribution in [3.8, 4) is 0 Å². The highest BCUT2D eigenvalue weighted by Gasteiger charge is 2.12. The van der Waals surface area contributed by atoms with Gasteiger partial charge in [0.2, 0.25) is 5.91 Å². The Morgan fingerprint density at radius 2 is 2.22 bits per heavy atom. The molecular weight excluding hydrogens is 232 g/mol. The first-order valence-corrected chi connectivity index (χ1v) is 6.95. The van der Waals surface area contributed by atoms with E-state index in [2.05, 4.69) is 10.6 Å². The molecule has 106 valence electrons. The minimum atomic E-state index is -0.0322. The fourth-order valence-electron chi connectivity index (χ4n) is 2.06. The van der Waals surface area contributed by atoms with Gasteiger partial charge < -0.3 is 20.1 Å². The maximum atomic E-state index is 11.4. The van der Waals surface area contributed by atoms with Crippen LogP contribution in [0.4, 0.5) is 0 Å². The molecule has 1 amide bonds. The van der Waals surface area contributed by atoms with Gasteiger partial charge in [0.1, 0.15) is 6.61 Å². The average molecular weight is 258 g/mol. The molecule has 1 unspecified atom stereocenters. The summed E-state index contributed by atoms with van der Waals surface area (Å²) in [5.41, 5.74) is 0. The fraction of sp³-hybridized carbons (Fsp3) is 0.923. The van der Waals surface area contributed by atoms with Crippen LogP contribution in [0.2, 0.25) is 0 Å². The summed E-state index contributed by atoms with van der Waals surface area (Å²) < 4.78 is 10.3. The van der Waals surface area contributed by atoms with Crippen molar-refractivity contribution in [3.63, 3.8) is 0 Å². The van der Waals surface area contributed by atoms with E-state index >= 15 is 0 Å². The lowest BCUT2D eigenvalue weighted by atomic mass is 9.96. The molecule has 1 rings (SSSR count). The SMILES string of the molecule is CCOCCOCC(=O)NCCC1CCCNC1. The molecule has 5 nitrogen and oxygen atoms in total. The van der Waals surface area contributed by atoms with Crippen molar-refractivity contribution in [2.45, 2.75) is 26.2 Å². The molecule has 18 heavy (non-hydrogen) atoms. The molecule has 5 heteroatoms. The standard InChI is InChI=1S/C13H26N2O3/c1-2-17-8-9-18-11-13(16)15-7-5-12-4-3-6-14-10-12/h12,14H,2-11H2,1H3,(H,15,16). The highest BCUT2D eigenvalue weighted by atomic mass is 16.5. The molecule has 1 atom stereocenters. The van der Waals surface area contributed by atoms with E-state index in [9.17, 15) is 4.79 Å². The van der Waals surface area contributed by atoms with Crippen molar-refractivity contribution in [2.24, 2.45) is 5.92 Å². The Hall–Kier alpha value is -0.650. The lowest BCUT2D eigenvalue weighted by Crippen LogP contribution is -2.34. The number of rotatable bonds is 9. The lowest BCUT2D eigenvalue weighted by molar-refractivity contribution is -0.126. The topological polar surface area (TPSA) is 59.6 Å². The molecular formula is C13H26N2O3. The van der Waals surface area contributed by atoms with E-state index in [-0.39, 0.29) is 12.5 Å². The zero-order chi connectivity index (χ0) is 13.1. The molecule has 0 bridgehead atoms. The first kappa shape index (κ1) is 15.4. The molecule has 0 saturated carbocycles. The zero-order valence-corrected chi connectivity index (χ0v) is 11.4. The molecule has 0 aromatic heterocycles. The Bertz CT molecular complexity index is 218. The van der Waals surface area contributed by atoms with Gasteiger partial charge in [-0.3, -0.25) is 4.79 Å². The molecule has 0 radical (unpaired) electrons. The Morgan fingerprint density at radius 1 is 1.39 bits per heavy atom. The van der Waals surface area contributed by atoms with Gasteiger partial charge in [-0.25, -0.2) is 0 Å². The van der Waals surface area contributed by atoms with Crippen LogP contribution in [0.5, 0.6) is 0 Å². The quantitative estimate of drug-likeness (QED) is 0.593. The molecule has 0 aliphatic carbocycles. The Balaban J connectivity index is 1.89. The smallest absolute Gasteiger partial charge is 0.245 e. The second-order valence-corrected chi connectivity index (χ2v) is 4.60. The second kappa shape index (κ2) is 10.3. The third kappa shape index (κ3) is 7.63. The van der Waals surface area contributed by atoms with Gasteiger partial charge in [-0.05, 0) is 45.2 Å². The van der Waals surface area contributed by atoms with Crippen LogP contribution in [-0.2, 0) is 14.3 Å². The van der Waals surface area contributed by atoms with Crippen LogP contribution in [0.1, 0.15) is 26.2 Å². The summed E-state index contributed by atoms with van der Waals surface area (Å²) in [7, 11) is 0. The van der Waals surface area contributed by atoms with Crippen molar-refractivity contribution in [3.05, 3.63) is 0 Å². The minimum Gasteiger partial charge on any atom is -0.379 e. The Morgan fingerprint density at radius 3 is 2.94 bits per heavy atom. The summed E-state index contributed by atoms with van der Waals surface area (Å²) >= 11 is 0. The van der Waals surface area contributed by atoms with Gasteiger partial charge in [0.25, 0.3) is 0 Å². The fourth-order valence-corrected chi connectivity index (χ4v) is 2.06. The van der Waals surface area contributed by atoms with Crippen molar-refractivity contribution in [2.75, 3.05) is 46.1 Å². The largest absolute Gasteiger partial charge is 0.379 e. The van der Waals surface area contributed by atoms with Crippen LogP contribution in [-0.4, -0.2) is 52.0 Å². The van der Waals surface area contributed by atoms with Crippen molar-refractivity contribution >= 4 is 5.91 Å². The third-order valence-electron chi connectivity index (χ3n) is 3.08. The van der Waals surface area contributed by atoms with Gasteiger partial charge in [0.05, 0.1) is 13.2 Å². The minimum absolute atomic E-state index is 0.0322. The lowest BCUT2D eigenvalue weighted by Gasteiger charge is -2.22. The molecule has 1 heterocycles. The number of nitrogens with one attached hydrogen (secondary N) is 2. The summed E-state index contributed by atoms with van der Waals surface area (Å²) in [5.74, 6) is 0.674. The normalized spacial score (nSPS) is 19.7. The molecule has 1 saturated heterocycles. The van der Waals surface area contributed by atoms with Crippen LogP contribution >= 0.6 is 0 Å². The maximum absolute atomic E-state index is 11.4. The van der Waals surface area contributed by atoms with Crippen LogP contribution in [0.15, 0.2) is 0 Å².